The number of oxime groups is 1. The van der Waals surface area contributed by atoms with Gasteiger partial charge in [-0.05, 0) is 41.3 Å². The van der Waals surface area contributed by atoms with Crippen LogP contribution in [0.1, 0.15) is 53.7 Å². The Morgan fingerprint density at radius 1 is 1.00 bits per heavy atom. The summed E-state index contributed by atoms with van der Waals surface area (Å²) in [7, 11) is 0. The molecular weight excluding hydrogens is 412 g/mol. The van der Waals surface area contributed by atoms with Gasteiger partial charge in [-0.2, -0.15) is 0 Å². The molecule has 0 spiro atoms. The molecule has 1 saturated carbocycles. The number of rotatable bonds is 5. The minimum atomic E-state index is -0.0521. The molecule has 0 unspecified atom stereocenters. The summed E-state index contributed by atoms with van der Waals surface area (Å²) in [4.78, 5) is 13.4. The van der Waals surface area contributed by atoms with Gasteiger partial charge in [0.25, 0.3) is 5.91 Å². The standard InChI is InChI=1S/C27H28N4O2/c28-26(30-33)20-14-13-19-15-25(27(32)29-22-10-2-1-3-11-22)31(24(19)16-20)17-21-9-6-8-18-7-4-5-12-23(18)21/h4-9,12-16,22,33H,1-3,10-11,17H2,(H2,28,30)(H,29,32). The van der Waals surface area contributed by atoms with Crippen molar-refractivity contribution in [1.82, 2.24) is 9.88 Å². The Labute approximate surface area is 192 Å². The summed E-state index contributed by atoms with van der Waals surface area (Å²) in [6.45, 7) is 0.540. The minimum Gasteiger partial charge on any atom is -0.409 e. The van der Waals surface area contributed by atoms with Crippen molar-refractivity contribution in [1.29, 1.82) is 0 Å². The lowest BCUT2D eigenvalue weighted by Crippen LogP contribution is -2.37. The molecule has 1 aliphatic rings. The molecule has 3 aromatic carbocycles. The van der Waals surface area contributed by atoms with E-state index < -0.39 is 0 Å². The highest BCUT2D eigenvalue weighted by molar-refractivity contribution is 6.03. The third kappa shape index (κ3) is 4.16. The summed E-state index contributed by atoms with van der Waals surface area (Å²) < 4.78 is 2.05. The van der Waals surface area contributed by atoms with Crippen LogP contribution in [0.15, 0.2) is 71.9 Å². The Kier molecular flexibility index (Phi) is 5.73. The van der Waals surface area contributed by atoms with Gasteiger partial charge >= 0.3 is 0 Å². The number of nitrogens with two attached hydrogens (primary N) is 1. The molecule has 4 N–H and O–H groups in total. The number of nitrogens with one attached hydrogen (secondary N) is 1. The number of amides is 1. The summed E-state index contributed by atoms with van der Waals surface area (Å²) >= 11 is 0. The van der Waals surface area contributed by atoms with Crippen molar-refractivity contribution in [2.24, 2.45) is 10.9 Å². The topological polar surface area (TPSA) is 92.6 Å². The number of fused-ring (bicyclic) bond motifs is 2. The van der Waals surface area contributed by atoms with E-state index in [2.05, 4.69) is 34.7 Å². The van der Waals surface area contributed by atoms with Crippen LogP contribution in [0.3, 0.4) is 0 Å². The minimum absolute atomic E-state index is 0.0445. The van der Waals surface area contributed by atoms with E-state index >= 15 is 0 Å². The lowest BCUT2D eigenvalue weighted by Gasteiger charge is -2.23. The largest absolute Gasteiger partial charge is 0.409 e. The van der Waals surface area contributed by atoms with Crippen molar-refractivity contribution in [3.8, 4) is 0 Å². The third-order valence-electron chi connectivity index (χ3n) is 6.69. The lowest BCUT2D eigenvalue weighted by atomic mass is 9.95. The van der Waals surface area contributed by atoms with Crippen LogP contribution in [-0.2, 0) is 6.54 Å². The maximum absolute atomic E-state index is 13.4. The first kappa shape index (κ1) is 21.1. The van der Waals surface area contributed by atoms with E-state index in [9.17, 15) is 4.79 Å². The predicted octanol–water partition coefficient (Wildman–Crippen LogP) is 5.00. The molecule has 5 rings (SSSR count). The first-order valence-corrected chi connectivity index (χ1v) is 11.5. The Balaban J connectivity index is 1.61. The van der Waals surface area contributed by atoms with Crippen molar-refractivity contribution in [2.45, 2.75) is 44.7 Å². The highest BCUT2D eigenvalue weighted by Gasteiger charge is 2.21. The van der Waals surface area contributed by atoms with E-state index in [1.165, 1.54) is 6.42 Å². The molecule has 6 heteroatoms. The predicted molar refractivity (Wildman–Crippen MR) is 132 cm³/mol. The van der Waals surface area contributed by atoms with Crippen molar-refractivity contribution >= 4 is 33.4 Å². The van der Waals surface area contributed by atoms with Crippen molar-refractivity contribution in [2.75, 3.05) is 0 Å². The molecule has 4 aromatic rings. The molecule has 0 radical (unpaired) electrons. The fourth-order valence-corrected chi connectivity index (χ4v) is 4.94. The van der Waals surface area contributed by atoms with Crippen molar-refractivity contribution in [3.63, 3.8) is 0 Å². The van der Waals surface area contributed by atoms with E-state index in [1.807, 2.05) is 47.0 Å². The van der Waals surface area contributed by atoms with E-state index in [-0.39, 0.29) is 17.8 Å². The van der Waals surface area contributed by atoms with Gasteiger partial charge in [0.2, 0.25) is 0 Å². The van der Waals surface area contributed by atoms with Crippen LogP contribution in [0.25, 0.3) is 21.7 Å². The van der Waals surface area contributed by atoms with Crippen LogP contribution in [0, 0.1) is 0 Å². The van der Waals surface area contributed by atoms with Gasteiger partial charge in [-0.1, -0.05) is 79.0 Å². The van der Waals surface area contributed by atoms with Crippen molar-refractivity contribution < 1.29 is 10.0 Å². The zero-order valence-electron chi connectivity index (χ0n) is 18.5. The number of carbonyl (C=O) groups is 1. The maximum Gasteiger partial charge on any atom is 0.268 e. The first-order chi connectivity index (χ1) is 16.1. The quantitative estimate of drug-likeness (QED) is 0.176. The Morgan fingerprint density at radius 2 is 1.79 bits per heavy atom. The first-order valence-electron chi connectivity index (χ1n) is 11.5. The highest BCUT2D eigenvalue weighted by Crippen LogP contribution is 2.27. The number of hydrogen-bond acceptors (Lipinski definition) is 3. The third-order valence-corrected chi connectivity index (χ3v) is 6.69. The second kappa shape index (κ2) is 8.98. The molecule has 1 amide bonds. The van der Waals surface area contributed by atoms with Gasteiger partial charge in [-0.15, -0.1) is 0 Å². The molecular formula is C27H28N4O2. The van der Waals surface area contributed by atoms with Crippen LogP contribution in [0.5, 0.6) is 0 Å². The molecule has 168 valence electrons. The SMILES string of the molecule is N/C(=N/O)c1ccc2cc(C(=O)NC3CCCCC3)n(Cc3cccc4ccccc34)c2c1. The molecule has 0 saturated heterocycles. The highest BCUT2D eigenvalue weighted by atomic mass is 16.4. The molecule has 0 aliphatic heterocycles. The number of nitrogens with zero attached hydrogens (tertiary/aromatic N) is 2. The number of carbonyl (C=O) groups excluding carboxylic acids is 1. The molecule has 33 heavy (non-hydrogen) atoms. The second-order valence-electron chi connectivity index (χ2n) is 8.82. The maximum atomic E-state index is 13.4. The molecule has 6 nitrogen and oxygen atoms in total. The second-order valence-corrected chi connectivity index (χ2v) is 8.82. The fraction of sp³-hybridized carbons (Fsp3) is 0.259. The van der Waals surface area contributed by atoms with E-state index in [1.54, 1.807) is 0 Å². The van der Waals surface area contributed by atoms with Gasteiger partial charge in [0.15, 0.2) is 5.84 Å². The zero-order chi connectivity index (χ0) is 22.8. The fourth-order valence-electron chi connectivity index (χ4n) is 4.94. The molecule has 1 heterocycles. The zero-order valence-corrected chi connectivity index (χ0v) is 18.5. The lowest BCUT2D eigenvalue weighted by molar-refractivity contribution is 0.0919. The average molecular weight is 441 g/mol. The molecule has 1 aliphatic carbocycles. The van der Waals surface area contributed by atoms with Gasteiger partial charge < -0.3 is 20.8 Å². The summed E-state index contributed by atoms with van der Waals surface area (Å²) in [5.41, 5.74) is 9.11. The van der Waals surface area contributed by atoms with E-state index in [4.69, 9.17) is 10.9 Å². The van der Waals surface area contributed by atoms with E-state index in [0.717, 1.165) is 52.9 Å². The van der Waals surface area contributed by atoms with Gasteiger partial charge in [0.1, 0.15) is 5.69 Å². The Hall–Kier alpha value is -3.80. The van der Waals surface area contributed by atoms with Crippen LogP contribution >= 0.6 is 0 Å². The van der Waals surface area contributed by atoms with Crippen molar-refractivity contribution in [3.05, 3.63) is 83.6 Å². The Bertz CT molecular complexity index is 1340. The Morgan fingerprint density at radius 3 is 2.61 bits per heavy atom. The van der Waals surface area contributed by atoms with Gasteiger partial charge in [0.05, 0.1) is 0 Å². The smallest absolute Gasteiger partial charge is 0.268 e. The molecule has 1 aromatic heterocycles. The molecule has 1 fully saturated rings. The summed E-state index contributed by atoms with van der Waals surface area (Å²) in [6.07, 6.45) is 5.62. The van der Waals surface area contributed by atoms with Gasteiger partial charge in [0, 0.05) is 29.1 Å². The molecule has 0 atom stereocenters. The monoisotopic (exact) mass is 440 g/mol. The van der Waals surface area contributed by atoms with Crippen LogP contribution < -0.4 is 11.1 Å². The summed E-state index contributed by atoms with van der Waals surface area (Å²) in [6, 6.07) is 22.3. The van der Waals surface area contributed by atoms with Crippen LogP contribution in [0.4, 0.5) is 0 Å². The van der Waals surface area contributed by atoms with Crippen LogP contribution in [0.2, 0.25) is 0 Å². The summed E-state index contributed by atoms with van der Waals surface area (Å²) in [5, 5.41) is 18.8. The van der Waals surface area contributed by atoms with E-state index in [0.29, 0.717) is 17.8 Å². The number of aromatic nitrogens is 1. The number of hydrogen-bond donors (Lipinski definition) is 3. The number of amidine groups is 1. The van der Waals surface area contributed by atoms with Gasteiger partial charge in [-0.3, -0.25) is 4.79 Å². The van der Waals surface area contributed by atoms with Crippen LogP contribution in [-0.4, -0.2) is 27.6 Å². The van der Waals surface area contributed by atoms with Gasteiger partial charge in [-0.25, -0.2) is 0 Å². The average Bonchev–Trinajstić information content (AvgIpc) is 3.22. The number of benzene rings is 3. The molecule has 0 bridgehead atoms. The normalized spacial score (nSPS) is 15.2. The summed E-state index contributed by atoms with van der Waals surface area (Å²) in [5.74, 6) is -0.00768.